The largest absolute Gasteiger partial charge is 0.466 e. The van der Waals surface area contributed by atoms with Gasteiger partial charge in [-0.1, -0.05) is 0 Å². The quantitative estimate of drug-likeness (QED) is 0.364. The molecule has 4 nitrogen and oxygen atoms in total. The molecule has 0 atom stereocenters. The molecule has 46 valence electrons. The van der Waals surface area contributed by atoms with Crippen LogP contribution in [-0.4, -0.2) is 26.2 Å². The van der Waals surface area contributed by atoms with Crippen molar-refractivity contribution in [3.8, 4) is 0 Å². The van der Waals surface area contributed by atoms with Gasteiger partial charge in [-0.15, -0.1) is 0 Å². The summed E-state index contributed by atoms with van der Waals surface area (Å²) in [4.78, 5) is 19.5. The zero-order valence-corrected chi connectivity index (χ0v) is 4.42. The molecule has 0 bridgehead atoms. The molecular formula is C4H6O4. The second-order valence-electron chi connectivity index (χ2n) is 0.983. The molecule has 0 aromatic rings. The van der Waals surface area contributed by atoms with Gasteiger partial charge in [-0.05, 0) is 0 Å². The van der Waals surface area contributed by atoms with E-state index in [0.29, 0.717) is 0 Å². The third-order valence-corrected chi connectivity index (χ3v) is 0.497. The first kappa shape index (κ1) is 6.94. The number of ether oxygens (including phenoxy) is 2. The van der Waals surface area contributed by atoms with Gasteiger partial charge < -0.3 is 9.47 Å². The highest BCUT2D eigenvalue weighted by molar-refractivity contribution is 5.71. The Morgan fingerprint density at radius 1 is 1.75 bits per heavy atom. The highest BCUT2D eigenvalue weighted by Crippen LogP contribution is 1.71. The lowest BCUT2D eigenvalue weighted by Gasteiger charge is -1.93. The Balaban J connectivity index is 3.11. The van der Waals surface area contributed by atoms with Gasteiger partial charge in [-0.25, -0.2) is 4.79 Å². The molecule has 0 amide bonds. The molecule has 0 rings (SSSR count). The SMILES string of the molecule is COC(=O)COC=O. The smallest absolute Gasteiger partial charge is 0.343 e. The van der Waals surface area contributed by atoms with Gasteiger partial charge in [0, 0.05) is 0 Å². The van der Waals surface area contributed by atoms with Crippen molar-refractivity contribution in [3.63, 3.8) is 0 Å². The van der Waals surface area contributed by atoms with E-state index in [9.17, 15) is 9.59 Å². The third-order valence-electron chi connectivity index (χ3n) is 0.497. The Morgan fingerprint density at radius 3 is 2.75 bits per heavy atom. The predicted molar refractivity (Wildman–Crippen MR) is 24.0 cm³/mol. The van der Waals surface area contributed by atoms with Crippen molar-refractivity contribution in [2.24, 2.45) is 0 Å². The second kappa shape index (κ2) is 4.11. The Morgan fingerprint density at radius 2 is 2.38 bits per heavy atom. The number of hydrogen-bond acceptors (Lipinski definition) is 4. The molecule has 0 saturated carbocycles. The number of hydrogen-bond donors (Lipinski definition) is 0. The lowest BCUT2D eigenvalue weighted by atomic mass is 10.7. The van der Waals surface area contributed by atoms with Crippen LogP contribution < -0.4 is 0 Å². The molecule has 0 aliphatic rings. The van der Waals surface area contributed by atoms with E-state index in [2.05, 4.69) is 9.47 Å². The highest BCUT2D eigenvalue weighted by Gasteiger charge is 1.95. The lowest BCUT2D eigenvalue weighted by Crippen LogP contribution is -2.08. The Kier molecular flexibility index (Phi) is 3.56. The van der Waals surface area contributed by atoms with Crippen molar-refractivity contribution in [1.29, 1.82) is 0 Å². The molecule has 0 saturated heterocycles. The van der Waals surface area contributed by atoms with E-state index in [4.69, 9.17) is 0 Å². The Hall–Kier alpha value is -1.06. The van der Waals surface area contributed by atoms with E-state index in [1.165, 1.54) is 7.11 Å². The molecule has 0 fully saturated rings. The van der Waals surface area contributed by atoms with Gasteiger partial charge in [0.05, 0.1) is 7.11 Å². The minimum Gasteiger partial charge on any atom is -0.466 e. The number of methoxy groups -OCH3 is 1. The van der Waals surface area contributed by atoms with E-state index < -0.39 is 5.97 Å². The minimum absolute atomic E-state index is 0.191. The van der Waals surface area contributed by atoms with Crippen molar-refractivity contribution < 1.29 is 19.1 Å². The first-order chi connectivity index (χ1) is 3.81. The van der Waals surface area contributed by atoms with E-state index in [-0.39, 0.29) is 13.1 Å². The summed E-state index contributed by atoms with van der Waals surface area (Å²) in [6.07, 6.45) is 0. The molecule has 0 aliphatic heterocycles. The number of rotatable bonds is 3. The topological polar surface area (TPSA) is 52.6 Å². The summed E-state index contributed by atoms with van der Waals surface area (Å²) in [6, 6.07) is 0. The summed E-state index contributed by atoms with van der Waals surface area (Å²) in [5.74, 6) is -0.558. The van der Waals surface area contributed by atoms with Crippen LogP contribution in [0.25, 0.3) is 0 Å². The molecule has 0 spiro atoms. The summed E-state index contributed by atoms with van der Waals surface area (Å²) >= 11 is 0. The summed E-state index contributed by atoms with van der Waals surface area (Å²) in [5.41, 5.74) is 0. The van der Waals surface area contributed by atoms with Crippen molar-refractivity contribution >= 4 is 12.4 Å². The van der Waals surface area contributed by atoms with Gasteiger partial charge >= 0.3 is 5.97 Å². The monoisotopic (exact) mass is 118 g/mol. The van der Waals surface area contributed by atoms with Crippen molar-refractivity contribution in [3.05, 3.63) is 0 Å². The minimum atomic E-state index is -0.558. The van der Waals surface area contributed by atoms with Crippen LogP contribution in [0.15, 0.2) is 0 Å². The molecule has 4 heteroatoms. The van der Waals surface area contributed by atoms with Gasteiger partial charge in [0.2, 0.25) is 0 Å². The molecule has 0 heterocycles. The lowest BCUT2D eigenvalue weighted by molar-refractivity contribution is -0.150. The fraction of sp³-hybridized carbons (Fsp3) is 0.500. The summed E-state index contributed by atoms with van der Waals surface area (Å²) in [7, 11) is 1.22. The predicted octanol–water partition coefficient (Wildman–Crippen LogP) is -0.668. The summed E-state index contributed by atoms with van der Waals surface area (Å²) < 4.78 is 8.16. The van der Waals surface area contributed by atoms with Gasteiger partial charge in [0.15, 0.2) is 6.61 Å². The zero-order chi connectivity index (χ0) is 6.41. The van der Waals surface area contributed by atoms with E-state index in [1.807, 2.05) is 0 Å². The van der Waals surface area contributed by atoms with Crippen LogP contribution in [0.4, 0.5) is 0 Å². The zero-order valence-electron chi connectivity index (χ0n) is 4.42. The standard InChI is InChI=1S/C4H6O4/c1-7-4(6)2-8-3-5/h3H,2H2,1H3. The molecule has 0 radical (unpaired) electrons. The highest BCUT2D eigenvalue weighted by atomic mass is 16.6. The maximum Gasteiger partial charge on any atom is 0.343 e. The molecule has 8 heavy (non-hydrogen) atoms. The van der Waals surface area contributed by atoms with Crippen molar-refractivity contribution in [1.82, 2.24) is 0 Å². The normalized spacial score (nSPS) is 7.62. The molecule has 0 aromatic heterocycles. The van der Waals surface area contributed by atoms with Crippen LogP contribution in [0.2, 0.25) is 0 Å². The first-order valence-corrected chi connectivity index (χ1v) is 1.93. The Labute approximate surface area is 46.4 Å². The molecule has 0 aliphatic carbocycles. The fourth-order valence-electron chi connectivity index (χ4n) is 0.161. The second-order valence-corrected chi connectivity index (χ2v) is 0.983. The summed E-state index contributed by atoms with van der Waals surface area (Å²) in [5, 5.41) is 0. The van der Waals surface area contributed by atoms with Gasteiger partial charge in [0.25, 0.3) is 6.47 Å². The average Bonchev–Trinajstić information content (AvgIpc) is 1.83. The van der Waals surface area contributed by atoms with Crippen LogP contribution in [0.5, 0.6) is 0 Å². The van der Waals surface area contributed by atoms with Crippen LogP contribution >= 0.6 is 0 Å². The summed E-state index contributed by atoms with van der Waals surface area (Å²) in [6.45, 7) is -0.114. The van der Waals surface area contributed by atoms with Crippen LogP contribution in [0.3, 0.4) is 0 Å². The van der Waals surface area contributed by atoms with Gasteiger partial charge in [-0.3, -0.25) is 4.79 Å². The third kappa shape index (κ3) is 3.14. The van der Waals surface area contributed by atoms with Crippen molar-refractivity contribution in [2.75, 3.05) is 13.7 Å². The van der Waals surface area contributed by atoms with Crippen LogP contribution in [0.1, 0.15) is 0 Å². The van der Waals surface area contributed by atoms with Gasteiger partial charge in [-0.2, -0.15) is 0 Å². The fourth-order valence-corrected chi connectivity index (χ4v) is 0.161. The first-order valence-electron chi connectivity index (χ1n) is 1.93. The van der Waals surface area contributed by atoms with E-state index in [0.717, 1.165) is 0 Å². The van der Waals surface area contributed by atoms with Crippen LogP contribution in [-0.2, 0) is 19.1 Å². The van der Waals surface area contributed by atoms with E-state index in [1.54, 1.807) is 0 Å². The number of esters is 1. The molecular weight excluding hydrogens is 112 g/mol. The number of carbonyl (C=O) groups excluding carboxylic acids is 2. The average molecular weight is 118 g/mol. The maximum absolute atomic E-state index is 10.1. The van der Waals surface area contributed by atoms with Crippen molar-refractivity contribution in [2.45, 2.75) is 0 Å². The number of carbonyl (C=O) groups is 2. The Bertz CT molecular complexity index is 88.0. The molecule has 0 aromatic carbocycles. The molecule has 0 N–H and O–H groups in total. The van der Waals surface area contributed by atoms with E-state index >= 15 is 0 Å². The van der Waals surface area contributed by atoms with Crippen LogP contribution in [0, 0.1) is 0 Å². The molecule has 0 unspecified atom stereocenters. The van der Waals surface area contributed by atoms with Gasteiger partial charge in [0.1, 0.15) is 0 Å². The maximum atomic E-state index is 10.1.